The molecule has 1 atom stereocenters. The Kier molecular flexibility index (Phi) is 4.10. The van der Waals surface area contributed by atoms with E-state index in [0.717, 1.165) is 16.5 Å². The SMILES string of the molecule is C[C@H](NC(=O)C(=O)Nc1cccc2[nH]ccc12)c1ccccc1. The second-order valence-electron chi connectivity index (χ2n) is 5.30. The minimum absolute atomic E-state index is 0.238. The van der Waals surface area contributed by atoms with Crippen molar-refractivity contribution in [1.29, 1.82) is 0 Å². The van der Waals surface area contributed by atoms with Crippen LogP contribution in [-0.4, -0.2) is 16.8 Å². The van der Waals surface area contributed by atoms with E-state index in [4.69, 9.17) is 0 Å². The lowest BCUT2D eigenvalue weighted by molar-refractivity contribution is -0.136. The monoisotopic (exact) mass is 307 g/mol. The summed E-state index contributed by atoms with van der Waals surface area (Å²) in [5.41, 5.74) is 2.46. The highest BCUT2D eigenvalue weighted by Crippen LogP contribution is 2.22. The number of nitrogens with one attached hydrogen (secondary N) is 3. The number of aromatic nitrogens is 1. The Morgan fingerprint density at radius 3 is 2.52 bits per heavy atom. The Bertz CT molecular complexity index is 840. The fraction of sp³-hybridized carbons (Fsp3) is 0.111. The molecule has 1 heterocycles. The summed E-state index contributed by atoms with van der Waals surface area (Å²) in [4.78, 5) is 27.3. The van der Waals surface area contributed by atoms with Crippen LogP contribution in [-0.2, 0) is 9.59 Å². The van der Waals surface area contributed by atoms with E-state index in [0.29, 0.717) is 5.69 Å². The van der Waals surface area contributed by atoms with Crippen LogP contribution in [0.25, 0.3) is 10.9 Å². The van der Waals surface area contributed by atoms with Gasteiger partial charge in [-0.1, -0.05) is 36.4 Å². The summed E-state index contributed by atoms with van der Waals surface area (Å²) in [7, 11) is 0. The van der Waals surface area contributed by atoms with Gasteiger partial charge < -0.3 is 15.6 Å². The van der Waals surface area contributed by atoms with Gasteiger partial charge in [0.25, 0.3) is 0 Å². The third kappa shape index (κ3) is 3.23. The number of hydrogen-bond acceptors (Lipinski definition) is 2. The molecule has 1 aromatic heterocycles. The number of rotatable bonds is 3. The van der Waals surface area contributed by atoms with Gasteiger partial charge in [0.2, 0.25) is 0 Å². The highest BCUT2D eigenvalue weighted by molar-refractivity contribution is 6.40. The molecule has 0 unspecified atom stereocenters. The van der Waals surface area contributed by atoms with Gasteiger partial charge in [0.1, 0.15) is 0 Å². The summed E-state index contributed by atoms with van der Waals surface area (Å²) in [5.74, 6) is -1.34. The van der Waals surface area contributed by atoms with E-state index in [-0.39, 0.29) is 6.04 Å². The van der Waals surface area contributed by atoms with Crippen LogP contribution >= 0.6 is 0 Å². The molecule has 3 aromatic rings. The predicted octanol–water partition coefficient (Wildman–Crippen LogP) is 2.98. The van der Waals surface area contributed by atoms with Gasteiger partial charge in [0, 0.05) is 17.1 Å². The summed E-state index contributed by atoms with van der Waals surface area (Å²) in [6, 6.07) is 16.6. The highest BCUT2D eigenvalue weighted by atomic mass is 16.2. The lowest BCUT2D eigenvalue weighted by atomic mass is 10.1. The van der Waals surface area contributed by atoms with Crippen molar-refractivity contribution in [3.05, 3.63) is 66.4 Å². The van der Waals surface area contributed by atoms with E-state index < -0.39 is 11.8 Å². The number of anilines is 1. The zero-order valence-electron chi connectivity index (χ0n) is 12.7. The average molecular weight is 307 g/mol. The van der Waals surface area contributed by atoms with Crippen molar-refractivity contribution in [2.24, 2.45) is 0 Å². The van der Waals surface area contributed by atoms with Crippen LogP contribution in [0.4, 0.5) is 5.69 Å². The molecule has 5 heteroatoms. The minimum atomic E-state index is -0.679. The van der Waals surface area contributed by atoms with E-state index in [1.54, 1.807) is 12.3 Å². The Labute approximate surface area is 133 Å². The summed E-state index contributed by atoms with van der Waals surface area (Å²) in [5, 5.41) is 6.22. The van der Waals surface area contributed by atoms with Crippen LogP contribution in [0.15, 0.2) is 60.8 Å². The molecule has 2 aromatic carbocycles. The van der Waals surface area contributed by atoms with Crippen molar-refractivity contribution in [1.82, 2.24) is 10.3 Å². The number of fused-ring (bicyclic) bond motifs is 1. The van der Waals surface area contributed by atoms with Crippen LogP contribution in [0.1, 0.15) is 18.5 Å². The largest absolute Gasteiger partial charge is 0.361 e. The predicted molar refractivity (Wildman–Crippen MR) is 89.9 cm³/mol. The maximum atomic E-state index is 12.1. The number of carbonyl (C=O) groups excluding carboxylic acids is 2. The van der Waals surface area contributed by atoms with E-state index in [2.05, 4.69) is 15.6 Å². The smallest absolute Gasteiger partial charge is 0.313 e. The third-order valence-corrected chi connectivity index (χ3v) is 3.70. The van der Waals surface area contributed by atoms with E-state index >= 15 is 0 Å². The Balaban J connectivity index is 1.68. The standard InChI is InChI=1S/C18H17N3O2/c1-12(13-6-3-2-4-7-13)20-17(22)18(23)21-16-9-5-8-15-14(16)10-11-19-15/h2-12,19H,1H3,(H,20,22)(H,21,23)/t12-/m0/s1. The first kappa shape index (κ1) is 14.8. The van der Waals surface area contributed by atoms with Crippen molar-refractivity contribution in [3.8, 4) is 0 Å². The number of carbonyl (C=O) groups is 2. The van der Waals surface area contributed by atoms with Gasteiger partial charge in [0.05, 0.1) is 11.7 Å². The van der Waals surface area contributed by atoms with E-state index in [1.165, 1.54) is 0 Å². The third-order valence-electron chi connectivity index (χ3n) is 3.70. The molecule has 0 aliphatic carbocycles. The van der Waals surface area contributed by atoms with E-state index in [9.17, 15) is 9.59 Å². The molecule has 0 aliphatic heterocycles. The first-order chi connectivity index (χ1) is 11.1. The van der Waals surface area contributed by atoms with Gasteiger partial charge in [-0.2, -0.15) is 0 Å². The zero-order valence-corrected chi connectivity index (χ0v) is 12.7. The molecule has 0 bridgehead atoms. The second kappa shape index (κ2) is 6.36. The van der Waals surface area contributed by atoms with Crippen molar-refractivity contribution >= 4 is 28.4 Å². The molecule has 23 heavy (non-hydrogen) atoms. The lowest BCUT2D eigenvalue weighted by Gasteiger charge is -2.14. The summed E-state index contributed by atoms with van der Waals surface area (Å²) >= 11 is 0. The van der Waals surface area contributed by atoms with Crippen LogP contribution in [0, 0.1) is 0 Å². The molecule has 0 spiro atoms. The van der Waals surface area contributed by atoms with Crippen molar-refractivity contribution in [3.63, 3.8) is 0 Å². The summed E-state index contributed by atoms with van der Waals surface area (Å²) < 4.78 is 0. The first-order valence-corrected chi connectivity index (χ1v) is 7.38. The molecular weight excluding hydrogens is 290 g/mol. The molecule has 3 rings (SSSR count). The molecule has 0 saturated carbocycles. The van der Waals surface area contributed by atoms with Crippen molar-refractivity contribution < 1.29 is 9.59 Å². The quantitative estimate of drug-likeness (QED) is 0.651. The Morgan fingerprint density at radius 1 is 0.957 bits per heavy atom. The van der Waals surface area contributed by atoms with Crippen LogP contribution in [0.5, 0.6) is 0 Å². The summed E-state index contributed by atoms with van der Waals surface area (Å²) in [6.45, 7) is 1.84. The fourth-order valence-electron chi connectivity index (χ4n) is 2.46. The highest BCUT2D eigenvalue weighted by Gasteiger charge is 2.18. The Hall–Kier alpha value is -3.08. The normalized spacial score (nSPS) is 11.9. The van der Waals surface area contributed by atoms with Crippen molar-refractivity contribution in [2.45, 2.75) is 13.0 Å². The molecule has 0 aliphatic rings. The maximum absolute atomic E-state index is 12.1. The lowest BCUT2D eigenvalue weighted by Crippen LogP contribution is -2.36. The van der Waals surface area contributed by atoms with Gasteiger partial charge in [0.15, 0.2) is 0 Å². The molecule has 2 amide bonds. The minimum Gasteiger partial charge on any atom is -0.361 e. The number of aromatic amines is 1. The molecular formula is C18H17N3O2. The number of H-pyrrole nitrogens is 1. The molecule has 0 fully saturated rings. The number of hydrogen-bond donors (Lipinski definition) is 3. The van der Waals surface area contributed by atoms with Gasteiger partial charge in [-0.15, -0.1) is 0 Å². The van der Waals surface area contributed by atoms with Crippen LogP contribution in [0.2, 0.25) is 0 Å². The second-order valence-corrected chi connectivity index (χ2v) is 5.30. The number of benzene rings is 2. The Morgan fingerprint density at radius 2 is 1.74 bits per heavy atom. The summed E-state index contributed by atoms with van der Waals surface area (Å²) in [6.07, 6.45) is 1.79. The first-order valence-electron chi connectivity index (χ1n) is 7.38. The van der Waals surface area contributed by atoms with Crippen molar-refractivity contribution in [2.75, 3.05) is 5.32 Å². The molecule has 5 nitrogen and oxygen atoms in total. The molecule has 0 saturated heterocycles. The number of amides is 2. The molecule has 116 valence electrons. The molecule has 3 N–H and O–H groups in total. The van der Waals surface area contributed by atoms with Gasteiger partial charge in [-0.05, 0) is 30.7 Å². The van der Waals surface area contributed by atoms with E-state index in [1.807, 2.05) is 55.5 Å². The van der Waals surface area contributed by atoms with Crippen LogP contribution < -0.4 is 10.6 Å². The zero-order chi connectivity index (χ0) is 16.2. The topological polar surface area (TPSA) is 74.0 Å². The fourth-order valence-corrected chi connectivity index (χ4v) is 2.46. The van der Waals surface area contributed by atoms with Gasteiger partial charge >= 0.3 is 11.8 Å². The average Bonchev–Trinajstić information content (AvgIpc) is 3.05. The van der Waals surface area contributed by atoms with Crippen LogP contribution in [0.3, 0.4) is 0 Å². The van der Waals surface area contributed by atoms with Gasteiger partial charge in [-0.3, -0.25) is 9.59 Å². The van der Waals surface area contributed by atoms with Gasteiger partial charge in [-0.25, -0.2) is 0 Å². The maximum Gasteiger partial charge on any atom is 0.313 e. The molecule has 0 radical (unpaired) electrons.